The predicted molar refractivity (Wildman–Crippen MR) is 71.2 cm³/mol. The number of hydroxylamine groups is 1. The lowest BCUT2D eigenvalue weighted by atomic mass is 9.77. The van der Waals surface area contributed by atoms with E-state index in [-0.39, 0.29) is 18.7 Å². The highest BCUT2D eigenvalue weighted by molar-refractivity contribution is 7.87. The molecule has 0 aromatic carbocycles. The molecule has 22 heavy (non-hydrogen) atoms. The summed E-state index contributed by atoms with van der Waals surface area (Å²) in [6.45, 7) is -0.234. The third kappa shape index (κ3) is 2.63. The highest BCUT2D eigenvalue weighted by Crippen LogP contribution is 2.36. The van der Waals surface area contributed by atoms with Crippen molar-refractivity contribution in [1.82, 2.24) is 4.90 Å². The quantitative estimate of drug-likeness (QED) is 0.684. The van der Waals surface area contributed by atoms with Gasteiger partial charge in [-0.3, -0.25) is 14.1 Å². The van der Waals surface area contributed by atoms with E-state index in [4.69, 9.17) is 0 Å². The van der Waals surface area contributed by atoms with E-state index in [1.54, 1.807) is 0 Å². The van der Waals surface area contributed by atoms with E-state index in [1.165, 1.54) is 0 Å². The van der Waals surface area contributed by atoms with Crippen LogP contribution in [-0.2, 0) is 19.6 Å². The Bertz CT molecular complexity index is 578. The standard InChI is InChI=1S/C12H18F2N2O5S/c1-15(19)22(20,21)12(13,14)11(18)16-7-6-10(17)8-4-2-3-5-9(8)16/h8-9,15H,2-7H2,1H3. The van der Waals surface area contributed by atoms with E-state index < -0.39 is 37.6 Å². The first-order valence-electron chi connectivity index (χ1n) is 7.07. The average Bonchev–Trinajstić information content (AvgIpc) is 2.47. The number of alkyl halides is 2. The van der Waals surface area contributed by atoms with E-state index in [2.05, 4.69) is 0 Å². The average molecular weight is 340 g/mol. The smallest absolute Gasteiger partial charge is 0.472 e. The zero-order chi connectivity index (χ0) is 16.7. The highest BCUT2D eigenvalue weighted by Gasteiger charge is 2.60. The molecular weight excluding hydrogens is 322 g/mol. The highest BCUT2D eigenvalue weighted by atomic mass is 32.2. The summed E-state index contributed by atoms with van der Waals surface area (Å²) in [6.07, 6.45) is 2.29. The normalized spacial score (nSPS) is 28.2. The van der Waals surface area contributed by atoms with Gasteiger partial charge in [0.1, 0.15) is 5.78 Å². The van der Waals surface area contributed by atoms with Crippen LogP contribution in [0, 0.1) is 11.1 Å². The number of nitrogens with zero attached hydrogens (tertiary/aromatic N) is 1. The molecule has 1 aliphatic carbocycles. The van der Waals surface area contributed by atoms with Crippen molar-refractivity contribution in [2.75, 3.05) is 13.6 Å². The molecule has 7 nitrogen and oxygen atoms in total. The fourth-order valence-electron chi connectivity index (χ4n) is 3.16. The molecule has 1 N–H and O–H groups in total. The predicted octanol–water partition coefficient (Wildman–Crippen LogP) is -0.718. The minimum Gasteiger partial charge on any atom is -0.618 e. The van der Waals surface area contributed by atoms with Crippen LogP contribution in [0.2, 0.25) is 0 Å². The number of piperidine rings is 1. The number of likely N-dealkylation sites (tertiary alicyclic amines) is 1. The van der Waals surface area contributed by atoms with E-state index in [1.807, 2.05) is 0 Å². The number of rotatable bonds is 3. The van der Waals surface area contributed by atoms with Gasteiger partial charge in [-0.15, -0.1) is 0 Å². The summed E-state index contributed by atoms with van der Waals surface area (Å²) in [5, 5.41) is 6.15. The van der Waals surface area contributed by atoms with Crippen molar-refractivity contribution in [2.24, 2.45) is 5.92 Å². The van der Waals surface area contributed by atoms with Crippen LogP contribution in [0.3, 0.4) is 0 Å². The molecule has 2 fully saturated rings. The summed E-state index contributed by atoms with van der Waals surface area (Å²) in [6, 6.07) is -0.699. The molecule has 0 aromatic rings. The molecule has 1 amide bonds. The first-order chi connectivity index (χ1) is 10.1. The molecule has 2 rings (SSSR count). The van der Waals surface area contributed by atoms with E-state index in [9.17, 15) is 32.0 Å². The summed E-state index contributed by atoms with van der Waals surface area (Å²) in [7, 11) is -5.04. The fourth-order valence-corrected chi connectivity index (χ4v) is 3.86. The monoisotopic (exact) mass is 340 g/mol. The lowest BCUT2D eigenvalue weighted by Crippen LogP contribution is -3.08. The molecule has 3 atom stereocenters. The van der Waals surface area contributed by atoms with Crippen LogP contribution in [0.1, 0.15) is 32.1 Å². The number of hydrogen-bond donors (Lipinski definition) is 1. The van der Waals surface area contributed by atoms with Gasteiger partial charge < -0.3 is 10.1 Å². The van der Waals surface area contributed by atoms with E-state index in [0.717, 1.165) is 11.3 Å². The summed E-state index contributed by atoms with van der Waals surface area (Å²) in [5.41, 5.74) is 0. The van der Waals surface area contributed by atoms with Crippen LogP contribution >= 0.6 is 0 Å². The largest absolute Gasteiger partial charge is 0.618 e. The van der Waals surface area contributed by atoms with Gasteiger partial charge in [-0.25, -0.2) is 0 Å². The number of halogens is 2. The van der Waals surface area contributed by atoms with Crippen molar-refractivity contribution in [3.8, 4) is 0 Å². The zero-order valence-corrected chi connectivity index (χ0v) is 12.9. The summed E-state index contributed by atoms with van der Waals surface area (Å²) < 4.78 is 49.1. The Labute approximate surface area is 126 Å². The van der Waals surface area contributed by atoms with Crippen LogP contribution in [0.15, 0.2) is 0 Å². The molecule has 0 bridgehead atoms. The Hall–Kier alpha value is -1.13. The van der Waals surface area contributed by atoms with Gasteiger partial charge in [0.15, 0.2) is 0 Å². The van der Waals surface area contributed by atoms with Crippen LogP contribution in [-0.4, -0.2) is 49.9 Å². The number of hydrogen-bond acceptors (Lipinski definition) is 5. The first-order valence-corrected chi connectivity index (χ1v) is 8.56. The fraction of sp³-hybridized carbons (Fsp3) is 0.833. The topological polar surface area (TPSA) is 99.0 Å². The van der Waals surface area contributed by atoms with Crippen molar-refractivity contribution in [3.05, 3.63) is 5.21 Å². The van der Waals surface area contributed by atoms with Gasteiger partial charge in [0.25, 0.3) is 0 Å². The molecule has 0 aromatic heterocycles. The van der Waals surface area contributed by atoms with E-state index >= 15 is 0 Å². The molecule has 126 valence electrons. The SMILES string of the molecule is C[NH+]([O-])S(=O)(=O)C(F)(F)C(=O)N1CCC(=O)C2CCCCC21. The summed E-state index contributed by atoms with van der Waals surface area (Å²) in [4.78, 5) is 24.7. The summed E-state index contributed by atoms with van der Waals surface area (Å²) in [5.74, 6) is -2.49. The Kier molecular flexibility index (Phi) is 4.56. The third-order valence-electron chi connectivity index (χ3n) is 4.37. The maximum atomic E-state index is 14.0. The van der Waals surface area contributed by atoms with Gasteiger partial charge in [0.05, 0.1) is 7.05 Å². The second-order valence-corrected chi connectivity index (χ2v) is 7.78. The number of Topliss-reactive ketones (excluding diaryl/α,β-unsaturated/α-hetero) is 1. The van der Waals surface area contributed by atoms with Gasteiger partial charge in [0, 0.05) is 24.9 Å². The van der Waals surface area contributed by atoms with Crippen molar-refractivity contribution >= 4 is 21.7 Å². The number of carbonyl (C=O) groups excluding carboxylic acids is 2. The van der Waals surface area contributed by atoms with Gasteiger partial charge in [-0.05, 0) is 12.8 Å². The Morgan fingerprint density at radius 2 is 1.95 bits per heavy atom. The zero-order valence-electron chi connectivity index (χ0n) is 12.0. The molecule has 0 spiro atoms. The molecule has 10 heteroatoms. The summed E-state index contributed by atoms with van der Waals surface area (Å²) >= 11 is 0. The maximum absolute atomic E-state index is 14.0. The third-order valence-corrected chi connectivity index (χ3v) is 5.97. The first kappa shape index (κ1) is 17.2. The van der Waals surface area contributed by atoms with Crippen LogP contribution < -0.4 is 4.47 Å². The van der Waals surface area contributed by atoms with E-state index in [0.29, 0.717) is 26.3 Å². The Morgan fingerprint density at radius 3 is 2.55 bits per heavy atom. The molecule has 2 aliphatic rings. The second kappa shape index (κ2) is 5.82. The number of ketones is 1. The van der Waals surface area contributed by atoms with Gasteiger partial charge in [-0.1, -0.05) is 12.8 Å². The minimum absolute atomic E-state index is 0.0664. The Balaban J connectivity index is 2.30. The molecule has 0 radical (unpaired) electrons. The van der Waals surface area contributed by atoms with Gasteiger partial charge in [0.2, 0.25) is 0 Å². The van der Waals surface area contributed by atoms with Crippen molar-refractivity contribution in [2.45, 2.75) is 43.4 Å². The number of quaternary nitrogens is 1. The number of sulfonamides is 1. The minimum atomic E-state index is -5.52. The van der Waals surface area contributed by atoms with Crippen molar-refractivity contribution < 1.29 is 31.3 Å². The van der Waals surface area contributed by atoms with Crippen LogP contribution in [0.5, 0.6) is 0 Å². The van der Waals surface area contributed by atoms with Crippen LogP contribution in [0.4, 0.5) is 8.78 Å². The Morgan fingerprint density at radius 1 is 1.36 bits per heavy atom. The molecule has 1 saturated carbocycles. The lowest BCUT2D eigenvalue weighted by Gasteiger charge is -2.43. The van der Waals surface area contributed by atoms with Gasteiger partial charge >= 0.3 is 21.2 Å². The number of carbonyl (C=O) groups is 2. The maximum Gasteiger partial charge on any atom is 0.472 e. The number of fused-ring (bicyclic) bond motifs is 1. The number of nitrogens with one attached hydrogen (secondary N) is 1. The van der Waals surface area contributed by atoms with Crippen LogP contribution in [0.25, 0.3) is 0 Å². The second-order valence-electron chi connectivity index (χ2n) is 5.68. The molecule has 1 heterocycles. The molecule has 1 aliphatic heterocycles. The lowest BCUT2D eigenvalue weighted by molar-refractivity contribution is -0.683. The molecular formula is C12H18F2N2O5S. The van der Waals surface area contributed by atoms with Crippen molar-refractivity contribution in [1.29, 1.82) is 0 Å². The van der Waals surface area contributed by atoms with Crippen molar-refractivity contribution in [3.63, 3.8) is 0 Å². The number of amides is 1. The molecule has 3 unspecified atom stereocenters. The van der Waals surface area contributed by atoms with Gasteiger partial charge in [-0.2, -0.15) is 17.2 Å². The molecule has 1 saturated heterocycles.